The molecule has 6 nitrogen and oxygen atoms in total. The highest BCUT2D eigenvalue weighted by Gasteiger charge is 2.25. The number of halogens is 1. The minimum Gasteiger partial charge on any atom is -0.355 e. The van der Waals surface area contributed by atoms with Crippen LogP contribution in [0.5, 0.6) is 0 Å². The second-order valence-corrected chi connectivity index (χ2v) is 5.21. The Balaban J connectivity index is 2.09. The molecular weight excluding hydrogens is 294 g/mol. The molecule has 3 N–H and O–H groups in total. The smallest absolute Gasteiger partial charge is 0.251 e. The van der Waals surface area contributed by atoms with E-state index >= 15 is 0 Å². The van der Waals surface area contributed by atoms with E-state index in [1.165, 1.54) is 13.1 Å². The fourth-order valence-electron chi connectivity index (χ4n) is 2.10. The molecule has 3 amide bonds. The number of nitrogens with one attached hydrogen (secondary N) is 3. The Labute approximate surface area is 127 Å². The largest absolute Gasteiger partial charge is 0.355 e. The molecule has 2 rings (SSSR count). The molecule has 1 atom stereocenters. The fourth-order valence-corrected chi connectivity index (χ4v) is 2.26. The molecule has 7 heteroatoms. The van der Waals surface area contributed by atoms with Crippen molar-refractivity contribution in [1.29, 1.82) is 0 Å². The fraction of sp³-hybridized carbons (Fsp3) is 0.357. The number of hydrogen-bond acceptors (Lipinski definition) is 3. The highest BCUT2D eigenvalue weighted by atomic mass is 35.5. The van der Waals surface area contributed by atoms with Gasteiger partial charge >= 0.3 is 0 Å². The molecule has 0 spiro atoms. The van der Waals surface area contributed by atoms with Crippen LogP contribution < -0.4 is 16.0 Å². The second kappa shape index (κ2) is 6.58. The first-order valence-corrected chi connectivity index (χ1v) is 6.98. The van der Waals surface area contributed by atoms with E-state index in [2.05, 4.69) is 16.0 Å². The number of benzene rings is 1. The SMILES string of the molecule is CNC(=O)c1ccc(Cl)c(NC(=O)C2CCC(=O)NC2)c1. The third kappa shape index (κ3) is 3.72. The van der Waals surface area contributed by atoms with Gasteiger partial charge in [0.2, 0.25) is 11.8 Å². The first-order valence-electron chi connectivity index (χ1n) is 6.60. The quantitative estimate of drug-likeness (QED) is 0.783. The third-order valence-electron chi connectivity index (χ3n) is 3.35. The number of piperidine rings is 1. The van der Waals surface area contributed by atoms with E-state index in [0.717, 1.165) is 0 Å². The van der Waals surface area contributed by atoms with Crippen molar-refractivity contribution in [3.8, 4) is 0 Å². The zero-order chi connectivity index (χ0) is 15.4. The van der Waals surface area contributed by atoms with Gasteiger partial charge in [-0.3, -0.25) is 14.4 Å². The van der Waals surface area contributed by atoms with Crippen LogP contribution in [0.15, 0.2) is 18.2 Å². The van der Waals surface area contributed by atoms with Crippen LogP contribution in [0.3, 0.4) is 0 Å². The summed E-state index contributed by atoms with van der Waals surface area (Å²) in [7, 11) is 1.53. The van der Waals surface area contributed by atoms with E-state index < -0.39 is 0 Å². The lowest BCUT2D eigenvalue weighted by Gasteiger charge is -2.22. The Kier molecular flexibility index (Phi) is 4.80. The van der Waals surface area contributed by atoms with E-state index in [4.69, 9.17) is 11.6 Å². The summed E-state index contributed by atoms with van der Waals surface area (Å²) in [6.07, 6.45) is 0.842. The Morgan fingerprint density at radius 3 is 2.76 bits per heavy atom. The van der Waals surface area contributed by atoms with Gasteiger partial charge in [0.15, 0.2) is 0 Å². The van der Waals surface area contributed by atoms with Crippen LogP contribution >= 0.6 is 11.6 Å². The predicted octanol–water partition coefficient (Wildman–Crippen LogP) is 1.16. The summed E-state index contributed by atoms with van der Waals surface area (Å²) in [4.78, 5) is 34.8. The molecule has 1 fully saturated rings. The van der Waals surface area contributed by atoms with Gasteiger partial charge < -0.3 is 16.0 Å². The van der Waals surface area contributed by atoms with Crippen molar-refractivity contribution in [2.24, 2.45) is 5.92 Å². The molecule has 0 aromatic heterocycles. The van der Waals surface area contributed by atoms with Gasteiger partial charge in [0, 0.05) is 25.6 Å². The monoisotopic (exact) mass is 309 g/mol. The first-order chi connectivity index (χ1) is 10.0. The number of hydrogen-bond donors (Lipinski definition) is 3. The van der Waals surface area contributed by atoms with Gasteiger partial charge in [-0.05, 0) is 24.6 Å². The summed E-state index contributed by atoms with van der Waals surface area (Å²) in [6.45, 7) is 0.317. The Bertz CT molecular complexity index is 579. The molecule has 1 aliphatic heterocycles. The zero-order valence-corrected chi connectivity index (χ0v) is 12.3. The van der Waals surface area contributed by atoms with Crippen molar-refractivity contribution >= 4 is 35.0 Å². The molecule has 0 aliphatic carbocycles. The molecule has 1 aromatic carbocycles. The molecule has 0 saturated carbocycles. The van der Waals surface area contributed by atoms with E-state index in [1.54, 1.807) is 12.1 Å². The van der Waals surface area contributed by atoms with Crippen molar-refractivity contribution in [3.63, 3.8) is 0 Å². The van der Waals surface area contributed by atoms with Crippen LogP contribution in [0.4, 0.5) is 5.69 Å². The van der Waals surface area contributed by atoms with Crippen molar-refractivity contribution in [3.05, 3.63) is 28.8 Å². The molecule has 1 aromatic rings. The standard InChI is InChI=1S/C14H16ClN3O3/c1-16-13(20)8-2-4-10(15)11(6-8)18-14(21)9-3-5-12(19)17-7-9/h2,4,6,9H,3,5,7H2,1H3,(H,16,20)(H,17,19)(H,18,21). The molecule has 1 aliphatic rings. The number of anilines is 1. The summed E-state index contributed by atoms with van der Waals surface area (Å²) in [5.41, 5.74) is 0.800. The number of carbonyl (C=O) groups excluding carboxylic acids is 3. The van der Waals surface area contributed by atoms with Crippen LogP contribution in [-0.4, -0.2) is 31.3 Å². The van der Waals surface area contributed by atoms with Gasteiger partial charge in [0.1, 0.15) is 0 Å². The molecule has 0 radical (unpaired) electrons. The minimum absolute atomic E-state index is 0.0429. The second-order valence-electron chi connectivity index (χ2n) is 4.80. The summed E-state index contributed by atoms with van der Waals surface area (Å²) < 4.78 is 0. The third-order valence-corrected chi connectivity index (χ3v) is 3.68. The van der Waals surface area contributed by atoms with E-state index in [-0.39, 0.29) is 23.6 Å². The predicted molar refractivity (Wildman–Crippen MR) is 79.2 cm³/mol. The Hall–Kier alpha value is -2.08. The molecule has 21 heavy (non-hydrogen) atoms. The van der Waals surface area contributed by atoms with Crippen LogP contribution in [0.2, 0.25) is 5.02 Å². The van der Waals surface area contributed by atoms with Gasteiger partial charge in [-0.2, -0.15) is 0 Å². The number of rotatable bonds is 3. The molecule has 1 heterocycles. The van der Waals surface area contributed by atoms with Crippen LogP contribution in [0.25, 0.3) is 0 Å². The zero-order valence-electron chi connectivity index (χ0n) is 11.5. The maximum absolute atomic E-state index is 12.2. The van der Waals surface area contributed by atoms with Gasteiger partial charge in [-0.1, -0.05) is 11.6 Å². The number of amides is 3. The maximum Gasteiger partial charge on any atom is 0.251 e. The van der Waals surface area contributed by atoms with Gasteiger partial charge in [-0.25, -0.2) is 0 Å². The highest BCUT2D eigenvalue weighted by molar-refractivity contribution is 6.34. The molecule has 1 unspecified atom stereocenters. The lowest BCUT2D eigenvalue weighted by molar-refractivity contribution is -0.126. The van der Waals surface area contributed by atoms with Gasteiger partial charge in [0.05, 0.1) is 16.6 Å². The van der Waals surface area contributed by atoms with Crippen molar-refractivity contribution in [2.45, 2.75) is 12.8 Å². The minimum atomic E-state index is -0.289. The topological polar surface area (TPSA) is 87.3 Å². The molecular formula is C14H16ClN3O3. The maximum atomic E-state index is 12.2. The summed E-state index contributed by atoms with van der Waals surface area (Å²) in [5, 5.41) is 8.23. The van der Waals surface area contributed by atoms with Crippen LogP contribution in [0, 0.1) is 5.92 Å². The molecule has 112 valence electrons. The highest BCUT2D eigenvalue weighted by Crippen LogP contribution is 2.24. The van der Waals surface area contributed by atoms with Crippen molar-refractivity contribution < 1.29 is 14.4 Å². The lowest BCUT2D eigenvalue weighted by Crippen LogP contribution is -2.40. The first kappa shape index (κ1) is 15.3. The molecule has 1 saturated heterocycles. The van der Waals surface area contributed by atoms with Crippen LogP contribution in [0.1, 0.15) is 23.2 Å². The Morgan fingerprint density at radius 2 is 2.14 bits per heavy atom. The average Bonchev–Trinajstić information content (AvgIpc) is 2.49. The average molecular weight is 310 g/mol. The Morgan fingerprint density at radius 1 is 1.38 bits per heavy atom. The summed E-state index contributed by atoms with van der Waals surface area (Å²) in [6, 6.07) is 4.67. The molecule has 0 bridgehead atoms. The number of carbonyl (C=O) groups is 3. The van der Waals surface area contributed by atoms with E-state index in [1.807, 2.05) is 0 Å². The van der Waals surface area contributed by atoms with Gasteiger partial charge in [-0.15, -0.1) is 0 Å². The summed E-state index contributed by atoms with van der Waals surface area (Å²) in [5.74, 6) is -0.806. The normalized spacial score (nSPS) is 17.8. The summed E-state index contributed by atoms with van der Waals surface area (Å²) >= 11 is 6.03. The van der Waals surface area contributed by atoms with E-state index in [9.17, 15) is 14.4 Å². The van der Waals surface area contributed by atoms with Crippen molar-refractivity contribution in [1.82, 2.24) is 10.6 Å². The van der Waals surface area contributed by atoms with Gasteiger partial charge in [0.25, 0.3) is 5.91 Å². The van der Waals surface area contributed by atoms with Crippen molar-refractivity contribution in [2.75, 3.05) is 18.9 Å². The van der Waals surface area contributed by atoms with Crippen LogP contribution in [-0.2, 0) is 9.59 Å². The lowest BCUT2D eigenvalue weighted by atomic mass is 9.98. The van der Waals surface area contributed by atoms with E-state index in [0.29, 0.717) is 35.7 Å².